The molecule has 0 bridgehead atoms. The van der Waals surface area contributed by atoms with E-state index >= 15 is 0 Å². The van der Waals surface area contributed by atoms with Crippen molar-refractivity contribution >= 4 is 17.9 Å². The molecule has 0 aromatic heterocycles. The summed E-state index contributed by atoms with van der Waals surface area (Å²) >= 11 is 0. The van der Waals surface area contributed by atoms with Crippen LogP contribution < -0.4 is 15.3 Å². The molecular weight excluding hydrogens is 906 g/mol. The van der Waals surface area contributed by atoms with E-state index in [2.05, 4.69) is 57.2 Å². The third kappa shape index (κ3) is 82.0. The first kappa shape index (κ1) is 72.3. The van der Waals surface area contributed by atoms with E-state index in [1.165, 1.54) is 250 Å². The molecule has 6 nitrogen and oxygen atoms in total. The molecule has 0 aromatic carbocycles. The zero-order chi connectivity index (χ0) is 48.9. The zero-order valence-corrected chi connectivity index (χ0v) is 47.8. The van der Waals surface area contributed by atoms with Crippen molar-refractivity contribution in [3.05, 3.63) is 36.5 Å². The van der Waals surface area contributed by atoms with Crippen molar-refractivity contribution < 1.29 is 62.4 Å². The van der Waals surface area contributed by atoms with Crippen molar-refractivity contribution in [2.24, 2.45) is 0 Å². The molecule has 0 rings (SSSR count). The summed E-state index contributed by atoms with van der Waals surface area (Å²) < 4.78 is 0. The van der Waals surface area contributed by atoms with Crippen LogP contribution in [0.15, 0.2) is 36.5 Å². The summed E-state index contributed by atoms with van der Waals surface area (Å²) in [4.78, 5) is 30.7. The standard InChI is InChI=1S/3C20H38O2.Y/c3*1-2-3-4-5-6-7-8-9-10-11-12-13-14-15-16-17-18-19-20(21)22;/h3*9-10H,2-8,11-19H2,1H3,(H,21,22);/q;;;+3/p-3/b3*10-9-;. The fourth-order valence-electron chi connectivity index (χ4n) is 8.08. The molecule has 0 N–H and O–H groups in total. The number of allylic oxidation sites excluding steroid dienone is 6. The molecule has 0 spiro atoms. The molecule has 0 aliphatic carbocycles. The van der Waals surface area contributed by atoms with E-state index in [1.54, 1.807) is 0 Å². The summed E-state index contributed by atoms with van der Waals surface area (Å²) in [7, 11) is 0. The molecule has 0 aromatic rings. The van der Waals surface area contributed by atoms with Crippen molar-refractivity contribution in [2.75, 3.05) is 0 Å². The predicted octanol–water partition coefficient (Wildman–Crippen LogP) is 16.7. The van der Waals surface area contributed by atoms with Crippen molar-refractivity contribution in [3.8, 4) is 0 Å². The van der Waals surface area contributed by atoms with Crippen LogP contribution in [0.3, 0.4) is 0 Å². The Morgan fingerprint density at radius 3 is 0.522 bits per heavy atom. The Morgan fingerprint density at radius 1 is 0.239 bits per heavy atom. The van der Waals surface area contributed by atoms with Gasteiger partial charge in [-0.25, -0.2) is 0 Å². The quantitative estimate of drug-likeness (QED) is 0.0442. The van der Waals surface area contributed by atoms with Crippen LogP contribution in [0.5, 0.6) is 0 Å². The molecule has 0 radical (unpaired) electrons. The largest absolute Gasteiger partial charge is 3.00 e. The Morgan fingerprint density at radius 2 is 0.373 bits per heavy atom. The van der Waals surface area contributed by atoms with Crippen molar-refractivity contribution in [1.82, 2.24) is 0 Å². The first-order chi connectivity index (χ1) is 32.3. The average Bonchev–Trinajstić information content (AvgIpc) is 3.29. The molecular formula is C60H111O6Y. The average molecular weight is 1020 g/mol. The van der Waals surface area contributed by atoms with Gasteiger partial charge in [0.2, 0.25) is 0 Å². The number of hydrogen-bond donors (Lipinski definition) is 0. The van der Waals surface area contributed by atoms with E-state index in [0.29, 0.717) is 0 Å². The third-order valence-electron chi connectivity index (χ3n) is 12.4. The molecule has 0 unspecified atom stereocenters. The van der Waals surface area contributed by atoms with Crippen molar-refractivity contribution in [2.45, 2.75) is 329 Å². The van der Waals surface area contributed by atoms with Gasteiger partial charge in [0, 0.05) is 17.9 Å². The second kappa shape index (κ2) is 69.0. The summed E-state index contributed by atoms with van der Waals surface area (Å²) in [5.41, 5.74) is 0. The summed E-state index contributed by atoms with van der Waals surface area (Å²) in [6, 6.07) is 0. The van der Waals surface area contributed by atoms with Crippen molar-refractivity contribution in [3.63, 3.8) is 0 Å². The predicted molar refractivity (Wildman–Crippen MR) is 281 cm³/mol. The van der Waals surface area contributed by atoms with E-state index < -0.39 is 17.9 Å². The maximum absolute atomic E-state index is 10.2. The monoisotopic (exact) mass is 1020 g/mol. The van der Waals surface area contributed by atoms with Crippen LogP contribution >= 0.6 is 0 Å². The Balaban J connectivity index is -0.000000441. The van der Waals surface area contributed by atoms with E-state index in [-0.39, 0.29) is 52.0 Å². The smallest absolute Gasteiger partial charge is 0.550 e. The van der Waals surface area contributed by atoms with Gasteiger partial charge >= 0.3 is 32.7 Å². The van der Waals surface area contributed by atoms with Gasteiger partial charge in [-0.15, -0.1) is 0 Å². The normalized spacial score (nSPS) is 11.1. The van der Waals surface area contributed by atoms with Crippen LogP contribution in [0.2, 0.25) is 0 Å². The molecule has 0 fully saturated rings. The number of carboxylic acid groups (broad SMARTS) is 3. The number of carbonyl (C=O) groups excluding carboxylic acids is 3. The first-order valence-electron chi connectivity index (χ1n) is 28.9. The second-order valence-electron chi connectivity index (χ2n) is 19.2. The SMILES string of the molecule is CCCCCCCC/C=C\CCCCCCCCCC(=O)[O-].CCCCCCCC/C=C\CCCCCCCCCC(=O)[O-].CCCCCCCC/C=C\CCCCCCCCCC(=O)[O-].[Y+3]. The van der Waals surface area contributed by atoms with Crippen LogP contribution in [-0.4, -0.2) is 17.9 Å². The Bertz CT molecular complexity index is 911. The minimum atomic E-state index is -0.909. The molecule has 0 aliphatic heterocycles. The minimum absolute atomic E-state index is 0. The summed E-state index contributed by atoms with van der Waals surface area (Å²) in [5, 5.41) is 30.7. The van der Waals surface area contributed by atoms with Gasteiger partial charge in [0.1, 0.15) is 0 Å². The molecule has 390 valence electrons. The fourth-order valence-corrected chi connectivity index (χ4v) is 8.08. The van der Waals surface area contributed by atoms with E-state index in [9.17, 15) is 29.7 Å². The molecule has 0 atom stereocenters. The molecule has 0 aliphatic rings. The Labute approximate surface area is 442 Å². The molecule has 0 amide bonds. The number of carbonyl (C=O) groups is 3. The van der Waals surface area contributed by atoms with Crippen molar-refractivity contribution in [1.29, 1.82) is 0 Å². The maximum Gasteiger partial charge on any atom is 3.00 e. The molecule has 0 heterocycles. The van der Waals surface area contributed by atoms with Gasteiger partial charge in [-0.3, -0.25) is 0 Å². The van der Waals surface area contributed by atoms with Crippen LogP contribution in [-0.2, 0) is 47.1 Å². The van der Waals surface area contributed by atoms with E-state index in [1.807, 2.05) is 0 Å². The Hall–Kier alpha value is -1.27. The summed E-state index contributed by atoms with van der Waals surface area (Å²) in [6.07, 6.45) is 71.5. The molecule has 67 heavy (non-hydrogen) atoms. The van der Waals surface area contributed by atoms with Gasteiger partial charge in [0.25, 0.3) is 0 Å². The molecule has 0 saturated heterocycles. The minimum Gasteiger partial charge on any atom is -0.550 e. The number of aliphatic carboxylic acids is 3. The maximum atomic E-state index is 10.2. The fraction of sp³-hybridized carbons (Fsp3) is 0.850. The van der Waals surface area contributed by atoms with E-state index in [4.69, 9.17) is 0 Å². The van der Waals surface area contributed by atoms with Crippen LogP contribution in [0, 0.1) is 0 Å². The summed E-state index contributed by atoms with van der Waals surface area (Å²) in [5.74, 6) is -2.73. The number of rotatable bonds is 51. The van der Waals surface area contributed by atoms with Gasteiger partial charge in [-0.2, -0.15) is 0 Å². The van der Waals surface area contributed by atoms with Gasteiger partial charge in [0.15, 0.2) is 0 Å². The van der Waals surface area contributed by atoms with Gasteiger partial charge in [0.05, 0.1) is 0 Å². The van der Waals surface area contributed by atoms with Crippen LogP contribution in [0.25, 0.3) is 0 Å². The number of hydrogen-bond acceptors (Lipinski definition) is 6. The molecule has 0 saturated carbocycles. The van der Waals surface area contributed by atoms with Gasteiger partial charge < -0.3 is 29.7 Å². The summed E-state index contributed by atoms with van der Waals surface area (Å²) in [6.45, 7) is 6.79. The van der Waals surface area contributed by atoms with Crippen LogP contribution in [0.4, 0.5) is 0 Å². The zero-order valence-electron chi connectivity index (χ0n) is 44.9. The number of carboxylic acids is 3. The Kier molecular flexibility index (Phi) is 74.4. The first-order valence-corrected chi connectivity index (χ1v) is 28.9. The third-order valence-corrected chi connectivity index (χ3v) is 12.4. The van der Waals surface area contributed by atoms with Crippen LogP contribution in [0.1, 0.15) is 329 Å². The number of unbranched alkanes of at least 4 members (excludes halogenated alkanes) is 39. The second-order valence-corrected chi connectivity index (χ2v) is 19.2. The van der Waals surface area contributed by atoms with E-state index in [0.717, 1.165) is 38.5 Å². The van der Waals surface area contributed by atoms with Gasteiger partial charge in [-0.1, -0.05) is 250 Å². The topological polar surface area (TPSA) is 120 Å². The van der Waals surface area contributed by atoms with Gasteiger partial charge in [-0.05, 0) is 116 Å². The molecule has 7 heteroatoms.